The van der Waals surface area contributed by atoms with Crippen molar-refractivity contribution in [3.63, 3.8) is 0 Å². The zero-order valence-electron chi connectivity index (χ0n) is 18.4. The average molecular weight is 428 g/mol. The number of nitrogens with one attached hydrogen (secondary N) is 1. The fourth-order valence-electron chi connectivity index (χ4n) is 4.48. The molecule has 1 atom stereocenters. The zero-order chi connectivity index (χ0) is 22.1. The quantitative estimate of drug-likeness (QED) is 0.613. The van der Waals surface area contributed by atoms with E-state index in [2.05, 4.69) is 22.7 Å². The first-order valence-electron chi connectivity index (χ1n) is 11.4. The first kappa shape index (κ1) is 23.0. The van der Waals surface area contributed by atoms with E-state index in [1.165, 1.54) is 5.56 Å². The number of amides is 2. The summed E-state index contributed by atoms with van der Waals surface area (Å²) in [5.74, 6) is -0.225. The van der Waals surface area contributed by atoms with Gasteiger partial charge in [-0.3, -0.25) is 14.4 Å². The van der Waals surface area contributed by atoms with E-state index in [1.54, 1.807) is 0 Å². The van der Waals surface area contributed by atoms with Gasteiger partial charge in [0.2, 0.25) is 11.8 Å². The second kappa shape index (κ2) is 11.1. The highest BCUT2D eigenvalue weighted by Gasteiger charge is 2.44. The number of nitrogens with zero attached hydrogens (tertiary/aromatic N) is 2. The second-order valence-electron chi connectivity index (χ2n) is 8.47. The van der Waals surface area contributed by atoms with Gasteiger partial charge in [-0.05, 0) is 57.4 Å². The highest BCUT2D eigenvalue weighted by atomic mass is 16.5. The van der Waals surface area contributed by atoms with Crippen molar-refractivity contribution in [1.82, 2.24) is 10.3 Å². The molecule has 0 bridgehead atoms. The van der Waals surface area contributed by atoms with E-state index in [4.69, 9.17) is 4.74 Å². The standard InChI is InChI=1S/C24H33N3O4/c1-2-31-23(30)24(15-6-10-19-8-4-3-5-9-19)16-7-17-27(18-24)22(29)14-12-20-11-13-21(28)26-25-20/h3-5,8-9H,2,6-7,10-18H2,1H3,(H,26,28)/t24-/m0/s1. The number of hydrogen-bond donors (Lipinski definition) is 1. The van der Waals surface area contributed by atoms with E-state index >= 15 is 0 Å². The van der Waals surface area contributed by atoms with Gasteiger partial charge in [-0.15, -0.1) is 0 Å². The predicted octanol–water partition coefficient (Wildman–Crippen LogP) is 3.23. The summed E-state index contributed by atoms with van der Waals surface area (Å²) in [6.45, 7) is 3.26. The van der Waals surface area contributed by atoms with Crippen LogP contribution in [-0.2, 0) is 25.5 Å². The van der Waals surface area contributed by atoms with Gasteiger partial charge in [-0.1, -0.05) is 30.3 Å². The lowest BCUT2D eigenvalue weighted by molar-refractivity contribution is -0.161. The van der Waals surface area contributed by atoms with Gasteiger partial charge in [0.1, 0.15) is 0 Å². The molecule has 0 aliphatic carbocycles. The maximum atomic E-state index is 12.9. The number of aryl methyl sites for hydroxylation is 1. The normalized spacial score (nSPS) is 21.3. The molecule has 31 heavy (non-hydrogen) atoms. The Morgan fingerprint density at radius 1 is 1.19 bits per heavy atom. The number of ether oxygens (including phenoxy) is 1. The van der Waals surface area contributed by atoms with Crippen molar-refractivity contribution in [3.8, 4) is 0 Å². The summed E-state index contributed by atoms with van der Waals surface area (Å²) in [6, 6.07) is 10.3. The topological polar surface area (TPSA) is 88.1 Å². The maximum absolute atomic E-state index is 12.9. The van der Waals surface area contributed by atoms with Gasteiger partial charge in [-0.25, -0.2) is 5.43 Å². The van der Waals surface area contributed by atoms with Crippen molar-refractivity contribution in [1.29, 1.82) is 0 Å². The Bertz CT molecular complexity index is 808. The summed E-state index contributed by atoms with van der Waals surface area (Å²) in [7, 11) is 0. The molecule has 1 aromatic carbocycles. The second-order valence-corrected chi connectivity index (χ2v) is 8.47. The Morgan fingerprint density at radius 2 is 2.00 bits per heavy atom. The minimum atomic E-state index is -0.630. The van der Waals surface area contributed by atoms with Crippen LogP contribution >= 0.6 is 0 Å². The monoisotopic (exact) mass is 427 g/mol. The summed E-state index contributed by atoms with van der Waals surface area (Å²) < 4.78 is 5.44. The number of hydrazone groups is 1. The molecule has 2 aliphatic heterocycles. The van der Waals surface area contributed by atoms with Gasteiger partial charge in [0.05, 0.1) is 12.0 Å². The minimum Gasteiger partial charge on any atom is -0.466 e. The number of rotatable bonds is 9. The maximum Gasteiger partial charge on any atom is 0.313 e. The number of piperidine rings is 1. The first-order chi connectivity index (χ1) is 15.0. The van der Waals surface area contributed by atoms with Crippen LogP contribution in [0.25, 0.3) is 0 Å². The third-order valence-electron chi connectivity index (χ3n) is 6.21. The van der Waals surface area contributed by atoms with Crippen LogP contribution in [0.4, 0.5) is 0 Å². The number of likely N-dealkylation sites (tertiary alicyclic amines) is 1. The fourth-order valence-corrected chi connectivity index (χ4v) is 4.48. The molecule has 2 aliphatic rings. The van der Waals surface area contributed by atoms with Crippen LogP contribution in [0.5, 0.6) is 0 Å². The van der Waals surface area contributed by atoms with Gasteiger partial charge in [0.25, 0.3) is 0 Å². The lowest BCUT2D eigenvalue weighted by Gasteiger charge is -2.41. The molecule has 1 saturated heterocycles. The van der Waals surface area contributed by atoms with Crippen molar-refractivity contribution in [2.24, 2.45) is 10.5 Å². The molecular formula is C24H33N3O4. The van der Waals surface area contributed by atoms with Gasteiger partial charge in [-0.2, -0.15) is 5.10 Å². The molecule has 7 heteroatoms. The van der Waals surface area contributed by atoms with E-state index in [-0.39, 0.29) is 17.8 Å². The Labute approximate surface area is 184 Å². The third kappa shape index (κ3) is 6.39. The summed E-state index contributed by atoms with van der Waals surface area (Å²) >= 11 is 0. The average Bonchev–Trinajstić information content (AvgIpc) is 2.79. The molecule has 1 fully saturated rings. The van der Waals surface area contributed by atoms with E-state index in [9.17, 15) is 14.4 Å². The van der Waals surface area contributed by atoms with Crippen LogP contribution in [-0.4, -0.2) is 48.1 Å². The van der Waals surface area contributed by atoms with Crippen molar-refractivity contribution >= 4 is 23.5 Å². The van der Waals surface area contributed by atoms with Crippen LogP contribution in [0.2, 0.25) is 0 Å². The van der Waals surface area contributed by atoms with E-state index in [0.717, 1.165) is 31.4 Å². The highest BCUT2D eigenvalue weighted by molar-refractivity contribution is 5.94. The van der Waals surface area contributed by atoms with Crippen molar-refractivity contribution in [2.75, 3.05) is 19.7 Å². The molecule has 2 heterocycles. The lowest BCUT2D eigenvalue weighted by atomic mass is 9.75. The molecule has 0 aromatic heterocycles. The van der Waals surface area contributed by atoms with Crippen LogP contribution in [0.15, 0.2) is 35.4 Å². The highest BCUT2D eigenvalue weighted by Crippen LogP contribution is 2.37. The molecule has 1 N–H and O–H groups in total. The molecule has 2 amide bonds. The molecule has 0 radical (unpaired) electrons. The van der Waals surface area contributed by atoms with Crippen molar-refractivity contribution in [2.45, 2.75) is 64.7 Å². The smallest absolute Gasteiger partial charge is 0.313 e. The molecular weight excluding hydrogens is 394 g/mol. The van der Waals surface area contributed by atoms with Crippen molar-refractivity contribution < 1.29 is 19.1 Å². The molecule has 7 nitrogen and oxygen atoms in total. The van der Waals surface area contributed by atoms with Crippen LogP contribution < -0.4 is 5.43 Å². The molecule has 168 valence electrons. The first-order valence-corrected chi connectivity index (χ1v) is 11.4. The fraction of sp³-hybridized carbons (Fsp3) is 0.583. The number of benzene rings is 1. The SMILES string of the molecule is CCOC(=O)[C@@]1(CCCc2ccccc2)CCCN(C(=O)CCC2=NNC(=O)CC2)C1. The zero-order valence-corrected chi connectivity index (χ0v) is 18.4. The van der Waals surface area contributed by atoms with Gasteiger partial charge in [0.15, 0.2) is 0 Å². The summed E-state index contributed by atoms with van der Waals surface area (Å²) in [6.07, 6.45) is 5.95. The molecule has 1 aromatic rings. The Morgan fingerprint density at radius 3 is 2.71 bits per heavy atom. The largest absolute Gasteiger partial charge is 0.466 e. The Hall–Kier alpha value is -2.70. The van der Waals surface area contributed by atoms with Crippen molar-refractivity contribution in [3.05, 3.63) is 35.9 Å². The predicted molar refractivity (Wildman–Crippen MR) is 118 cm³/mol. The van der Waals surface area contributed by atoms with E-state index in [1.807, 2.05) is 30.0 Å². The molecule has 3 rings (SSSR count). The molecule has 0 spiro atoms. The van der Waals surface area contributed by atoms with Gasteiger partial charge < -0.3 is 9.64 Å². The summed E-state index contributed by atoms with van der Waals surface area (Å²) in [5, 5.41) is 4.05. The van der Waals surface area contributed by atoms with Crippen LogP contribution in [0.1, 0.15) is 63.9 Å². The number of carbonyl (C=O) groups excluding carboxylic acids is 3. The van der Waals surface area contributed by atoms with E-state index in [0.29, 0.717) is 51.8 Å². The van der Waals surface area contributed by atoms with E-state index < -0.39 is 5.41 Å². The van der Waals surface area contributed by atoms with Gasteiger partial charge >= 0.3 is 5.97 Å². The van der Waals surface area contributed by atoms with Gasteiger partial charge in [0, 0.05) is 31.6 Å². The Balaban J connectivity index is 1.60. The lowest BCUT2D eigenvalue weighted by Crippen LogP contribution is -2.50. The number of carbonyl (C=O) groups is 3. The molecule has 0 saturated carbocycles. The number of hydrogen-bond acceptors (Lipinski definition) is 5. The summed E-state index contributed by atoms with van der Waals surface area (Å²) in [4.78, 5) is 38.9. The summed E-state index contributed by atoms with van der Waals surface area (Å²) in [5.41, 5.74) is 3.95. The third-order valence-corrected chi connectivity index (χ3v) is 6.21. The van der Waals surface area contributed by atoms with Crippen LogP contribution in [0, 0.1) is 5.41 Å². The number of esters is 1. The van der Waals surface area contributed by atoms with Crippen LogP contribution in [0.3, 0.4) is 0 Å². The molecule has 0 unspecified atom stereocenters. The Kier molecular flexibility index (Phi) is 8.20. The minimum absolute atomic E-state index is 0.0380.